The molecule has 0 aliphatic heterocycles. The first kappa shape index (κ1) is 24.2. The number of anilines is 2. The van der Waals surface area contributed by atoms with Crippen molar-refractivity contribution in [3.63, 3.8) is 0 Å². The van der Waals surface area contributed by atoms with E-state index in [4.69, 9.17) is 0 Å². The number of amides is 2. The Kier molecular flexibility index (Phi) is 6.39. The summed E-state index contributed by atoms with van der Waals surface area (Å²) in [4.78, 5) is 27.9. The van der Waals surface area contributed by atoms with E-state index in [2.05, 4.69) is 31.4 Å². The molecule has 36 heavy (non-hydrogen) atoms. The van der Waals surface area contributed by atoms with Gasteiger partial charge in [0, 0.05) is 16.0 Å². The van der Waals surface area contributed by atoms with E-state index in [0.29, 0.717) is 22.2 Å². The number of halogens is 1. The molecule has 6 heteroatoms. The van der Waals surface area contributed by atoms with Crippen LogP contribution in [0.25, 0.3) is 10.8 Å². The van der Waals surface area contributed by atoms with E-state index in [1.165, 1.54) is 23.5 Å². The molecule has 0 saturated carbocycles. The van der Waals surface area contributed by atoms with Gasteiger partial charge in [0.25, 0.3) is 11.8 Å². The molecule has 0 bridgehead atoms. The number of carbonyl (C=O) groups is 2. The van der Waals surface area contributed by atoms with Gasteiger partial charge >= 0.3 is 0 Å². The summed E-state index contributed by atoms with van der Waals surface area (Å²) in [6, 6.07) is 19.6. The lowest BCUT2D eigenvalue weighted by Crippen LogP contribution is -2.27. The van der Waals surface area contributed by atoms with E-state index in [-0.39, 0.29) is 16.9 Å². The van der Waals surface area contributed by atoms with Gasteiger partial charge in [-0.05, 0) is 59.7 Å². The Morgan fingerprint density at radius 1 is 0.917 bits per heavy atom. The quantitative estimate of drug-likeness (QED) is 0.302. The highest BCUT2D eigenvalue weighted by Gasteiger charge is 2.34. The van der Waals surface area contributed by atoms with Crippen molar-refractivity contribution in [1.82, 2.24) is 0 Å². The first-order valence-corrected chi connectivity index (χ1v) is 13.0. The van der Waals surface area contributed by atoms with Gasteiger partial charge in [-0.3, -0.25) is 9.59 Å². The molecule has 2 N–H and O–H groups in total. The normalized spacial score (nSPS) is 15.4. The van der Waals surface area contributed by atoms with Crippen LogP contribution in [0, 0.1) is 17.2 Å². The Hall–Kier alpha value is -3.51. The molecule has 0 saturated heterocycles. The predicted octanol–water partition coefficient (Wildman–Crippen LogP) is 7.70. The fourth-order valence-corrected chi connectivity index (χ4v) is 6.31. The first-order chi connectivity index (χ1) is 17.2. The lowest BCUT2D eigenvalue weighted by atomic mass is 9.72. The molecule has 1 unspecified atom stereocenters. The van der Waals surface area contributed by atoms with Crippen LogP contribution in [0.5, 0.6) is 0 Å². The summed E-state index contributed by atoms with van der Waals surface area (Å²) in [5.74, 6) is -0.932. The zero-order chi connectivity index (χ0) is 25.4. The number of thiophene rings is 1. The fraction of sp³-hybridized carbons (Fsp3) is 0.267. The standard InChI is InChI=1S/C30H29FN2O2S/c1-30(2,3)19-15-16-22-25(17-19)36-29(33-27(34)21-12-6-7-13-23(21)31)26(22)28(35)32-24-14-8-10-18-9-4-5-11-20(18)24/h4-14,19H,15-17H2,1-3H3,(H,32,35)(H,33,34). The van der Waals surface area contributed by atoms with Crippen LogP contribution in [0.3, 0.4) is 0 Å². The van der Waals surface area contributed by atoms with E-state index in [1.807, 2.05) is 42.5 Å². The largest absolute Gasteiger partial charge is 0.321 e. The summed E-state index contributed by atoms with van der Waals surface area (Å²) in [5.41, 5.74) is 2.29. The van der Waals surface area contributed by atoms with E-state index in [0.717, 1.165) is 40.5 Å². The molecule has 0 fully saturated rings. The molecule has 5 rings (SSSR count). The van der Waals surface area contributed by atoms with Crippen molar-refractivity contribution in [1.29, 1.82) is 0 Å². The monoisotopic (exact) mass is 500 g/mol. The van der Waals surface area contributed by atoms with Crippen molar-refractivity contribution in [3.8, 4) is 0 Å². The average molecular weight is 501 g/mol. The van der Waals surface area contributed by atoms with Crippen LogP contribution in [-0.2, 0) is 12.8 Å². The van der Waals surface area contributed by atoms with Crippen molar-refractivity contribution < 1.29 is 14.0 Å². The number of hydrogen-bond acceptors (Lipinski definition) is 3. The Morgan fingerprint density at radius 2 is 1.64 bits per heavy atom. The molecule has 1 aliphatic rings. The van der Waals surface area contributed by atoms with Crippen molar-refractivity contribution in [2.75, 3.05) is 10.6 Å². The summed E-state index contributed by atoms with van der Waals surface area (Å²) in [7, 11) is 0. The van der Waals surface area contributed by atoms with E-state index >= 15 is 0 Å². The molecule has 0 radical (unpaired) electrons. The van der Waals surface area contributed by atoms with Crippen LogP contribution in [0.4, 0.5) is 15.1 Å². The highest BCUT2D eigenvalue weighted by molar-refractivity contribution is 7.17. The maximum atomic E-state index is 14.3. The lowest BCUT2D eigenvalue weighted by Gasteiger charge is -2.33. The van der Waals surface area contributed by atoms with Gasteiger partial charge in [0.2, 0.25) is 0 Å². The minimum absolute atomic E-state index is 0.0446. The third kappa shape index (κ3) is 4.65. The summed E-state index contributed by atoms with van der Waals surface area (Å²) < 4.78 is 14.3. The lowest BCUT2D eigenvalue weighted by molar-refractivity contribution is 0.102. The van der Waals surface area contributed by atoms with Crippen molar-refractivity contribution in [2.45, 2.75) is 40.0 Å². The van der Waals surface area contributed by atoms with Crippen LogP contribution >= 0.6 is 11.3 Å². The summed E-state index contributed by atoms with van der Waals surface area (Å²) >= 11 is 1.44. The maximum absolute atomic E-state index is 14.3. The number of benzene rings is 3. The molecule has 184 valence electrons. The second kappa shape index (κ2) is 9.51. The number of hydrogen-bond donors (Lipinski definition) is 2. The minimum atomic E-state index is -0.592. The van der Waals surface area contributed by atoms with Gasteiger partial charge in [-0.25, -0.2) is 4.39 Å². The maximum Gasteiger partial charge on any atom is 0.259 e. The molecule has 1 heterocycles. The zero-order valence-corrected chi connectivity index (χ0v) is 21.5. The molecule has 1 aromatic heterocycles. The topological polar surface area (TPSA) is 58.2 Å². The summed E-state index contributed by atoms with van der Waals surface area (Å²) in [6.45, 7) is 6.72. The SMILES string of the molecule is CC(C)(C)C1CCc2c(sc(NC(=O)c3ccccc3F)c2C(=O)Nc2cccc3ccccc23)C1. The number of fused-ring (bicyclic) bond motifs is 2. The molecule has 4 nitrogen and oxygen atoms in total. The summed E-state index contributed by atoms with van der Waals surface area (Å²) in [5, 5.41) is 8.40. The Labute approximate surface area is 214 Å². The minimum Gasteiger partial charge on any atom is -0.321 e. The smallest absolute Gasteiger partial charge is 0.259 e. The predicted molar refractivity (Wildman–Crippen MR) is 146 cm³/mol. The number of carbonyl (C=O) groups excluding carboxylic acids is 2. The van der Waals surface area contributed by atoms with Crippen LogP contribution in [0.2, 0.25) is 0 Å². The van der Waals surface area contributed by atoms with Crippen molar-refractivity contribution in [2.24, 2.45) is 11.3 Å². The number of nitrogens with one attached hydrogen (secondary N) is 2. The number of rotatable bonds is 4. The van der Waals surface area contributed by atoms with E-state index in [1.54, 1.807) is 12.1 Å². The third-order valence-electron chi connectivity index (χ3n) is 7.10. The highest BCUT2D eigenvalue weighted by atomic mass is 32.1. The Bertz CT molecular complexity index is 1460. The molecular formula is C30H29FN2O2S. The van der Waals surface area contributed by atoms with Gasteiger partial charge in [-0.2, -0.15) is 0 Å². The summed E-state index contributed by atoms with van der Waals surface area (Å²) in [6.07, 6.45) is 2.59. The van der Waals surface area contributed by atoms with Crippen LogP contribution in [0.15, 0.2) is 66.7 Å². The second-order valence-electron chi connectivity index (χ2n) is 10.4. The van der Waals surface area contributed by atoms with E-state index < -0.39 is 11.7 Å². The van der Waals surface area contributed by atoms with Gasteiger partial charge < -0.3 is 10.6 Å². The van der Waals surface area contributed by atoms with Crippen molar-refractivity contribution in [3.05, 3.63) is 94.1 Å². The van der Waals surface area contributed by atoms with Gasteiger partial charge in [0.1, 0.15) is 10.8 Å². The van der Waals surface area contributed by atoms with Crippen LogP contribution in [-0.4, -0.2) is 11.8 Å². The van der Waals surface area contributed by atoms with Gasteiger partial charge in [-0.1, -0.05) is 69.3 Å². The average Bonchev–Trinajstić information content (AvgIpc) is 3.21. The Balaban J connectivity index is 1.53. The highest BCUT2D eigenvalue weighted by Crippen LogP contribution is 2.44. The molecule has 2 amide bonds. The zero-order valence-electron chi connectivity index (χ0n) is 20.7. The van der Waals surface area contributed by atoms with E-state index in [9.17, 15) is 14.0 Å². The van der Waals surface area contributed by atoms with Crippen molar-refractivity contribution >= 4 is 44.6 Å². The second-order valence-corrected chi connectivity index (χ2v) is 11.5. The van der Waals surface area contributed by atoms with Gasteiger partial charge in [0.05, 0.1) is 11.1 Å². The molecular weight excluding hydrogens is 471 g/mol. The Morgan fingerprint density at radius 3 is 2.42 bits per heavy atom. The van der Waals surface area contributed by atoms with Crippen LogP contribution in [0.1, 0.15) is 58.3 Å². The molecule has 0 spiro atoms. The fourth-order valence-electron chi connectivity index (χ4n) is 4.99. The van der Waals surface area contributed by atoms with Crippen LogP contribution < -0.4 is 10.6 Å². The first-order valence-electron chi connectivity index (χ1n) is 12.2. The third-order valence-corrected chi connectivity index (χ3v) is 8.27. The molecule has 4 aromatic rings. The molecule has 3 aromatic carbocycles. The molecule has 1 atom stereocenters. The van der Waals surface area contributed by atoms with Gasteiger partial charge in [0.15, 0.2) is 0 Å². The molecule has 1 aliphatic carbocycles. The van der Waals surface area contributed by atoms with Gasteiger partial charge in [-0.15, -0.1) is 11.3 Å².